The van der Waals surface area contributed by atoms with Crippen molar-refractivity contribution in [2.75, 3.05) is 33.2 Å². The molecule has 160 valence electrons. The Kier molecular flexibility index (Phi) is 5.25. The van der Waals surface area contributed by atoms with Crippen LogP contribution in [0, 0.1) is 0 Å². The molecule has 0 amide bonds. The number of phenols is 1. The summed E-state index contributed by atoms with van der Waals surface area (Å²) in [6.45, 7) is 6.35. The van der Waals surface area contributed by atoms with Gasteiger partial charge in [-0.3, -0.25) is 9.69 Å². The summed E-state index contributed by atoms with van der Waals surface area (Å²) >= 11 is 1.49. The van der Waals surface area contributed by atoms with E-state index in [1.165, 1.54) is 17.6 Å². The number of piperazine rings is 1. The Morgan fingerprint density at radius 1 is 1.19 bits per heavy atom. The van der Waals surface area contributed by atoms with Crippen LogP contribution in [-0.2, 0) is 13.0 Å². The van der Waals surface area contributed by atoms with E-state index >= 15 is 0 Å². The molecule has 0 atom stereocenters. The summed E-state index contributed by atoms with van der Waals surface area (Å²) in [6.07, 6.45) is 2.14. The molecule has 0 aliphatic carbocycles. The van der Waals surface area contributed by atoms with Crippen LogP contribution in [0.25, 0.3) is 31.8 Å². The minimum atomic E-state index is -0.102. The average Bonchev–Trinajstić information content (AvgIpc) is 3.21. The van der Waals surface area contributed by atoms with Crippen molar-refractivity contribution in [1.29, 1.82) is 0 Å². The normalized spacial score (nSPS) is 15.8. The zero-order valence-corrected chi connectivity index (χ0v) is 18.5. The van der Waals surface area contributed by atoms with Gasteiger partial charge in [-0.25, -0.2) is 4.98 Å². The van der Waals surface area contributed by atoms with Gasteiger partial charge in [0, 0.05) is 32.7 Å². The van der Waals surface area contributed by atoms with E-state index < -0.39 is 0 Å². The van der Waals surface area contributed by atoms with Crippen LogP contribution < -0.4 is 5.43 Å². The molecule has 7 heteroatoms. The molecule has 3 heterocycles. The Morgan fingerprint density at radius 3 is 2.71 bits per heavy atom. The van der Waals surface area contributed by atoms with E-state index in [4.69, 9.17) is 4.42 Å². The molecule has 1 fully saturated rings. The Balaban J connectivity index is 1.63. The molecule has 5 rings (SSSR count). The molecule has 0 bridgehead atoms. The third-order valence-corrected chi connectivity index (χ3v) is 7.16. The van der Waals surface area contributed by atoms with Gasteiger partial charge in [-0.15, -0.1) is 11.3 Å². The molecule has 1 saturated heterocycles. The second-order valence-corrected chi connectivity index (χ2v) is 9.17. The number of fused-ring (bicyclic) bond motifs is 2. The van der Waals surface area contributed by atoms with Gasteiger partial charge in [0.1, 0.15) is 22.6 Å². The van der Waals surface area contributed by atoms with Crippen LogP contribution in [0.4, 0.5) is 0 Å². The van der Waals surface area contributed by atoms with Gasteiger partial charge in [-0.05, 0) is 37.2 Å². The van der Waals surface area contributed by atoms with Gasteiger partial charge < -0.3 is 14.4 Å². The Morgan fingerprint density at radius 2 is 1.97 bits per heavy atom. The smallest absolute Gasteiger partial charge is 0.202 e. The largest absolute Gasteiger partial charge is 0.507 e. The molecule has 1 aliphatic heterocycles. The molecular weight excluding hydrogens is 410 g/mol. The Bertz CT molecular complexity index is 1290. The highest BCUT2D eigenvalue weighted by Crippen LogP contribution is 2.34. The van der Waals surface area contributed by atoms with E-state index in [0.717, 1.165) is 42.0 Å². The maximum atomic E-state index is 13.5. The summed E-state index contributed by atoms with van der Waals surface area (Å²) in [7, 11) is 2.12. The lowest BCUT2D eigenvalue weighted by Gasteiger charge is -2.32. The van der Waals surface area contributed by atoms with Gasteiger partial charge in [0.15, 0.2) is 0 Å². The zero-order valence-electron chi connectivity index (χ0n) is 17.7. The molecule has 0 saturated carbocycles. The highest BCUT2D eigenvalue weighted by molar-refractivity contribution is 7.21. The maximum absolute atomic E-state index is 13.5. The number of hydrogen-bond acceptors (Lipinski definition) is 7. The van der Waals surface area contributed by atoms with E-state index in [-0.39, 0.29) is 11.2 Å². The molecule has 0 unspecified atom stereocenters. The summed E-state index contributed by atoms with van der Waals surface area (Å²) in [5.74, 6) is 0.241. The molecule has 0 radical (unpaired) electrons. The predicted octanol–water partition coefficient (Wildman–Crippen LogP) is 4.09. The molecular formula is C24H25N3O3S. The highest BCUT2D eigenvalue weighted by Gasteiger charge is 2.22. The zero-order chi connectivity index (χ0) is 21.5. The topological polar surface area (TPSA) is 69.8 Å². The predicted molar refractivity (Wildman–Crippen MR) is 125 cm³/mol. The molecule has 2 aromatic carbocycles. The van der Waals surface area contributed by atoms with Gasteiger partial charge in [0.05, 0.1) is 26.7 Å². The van der Waals surface area contributed by atoms with Crippen LogP contribution in [0.3, 0.4) is 0 Å². The van der Waals surface area contributed by atoms with E-state index in [9.17, 15) is 9.90 Å². The van der Waals surface area contributed by atoms with Crippen LogP contribution in [0.2, 0.25) is 0 Å². The van der Waals surface area contributed by atoms with Crippen molar-refractivity contribution in [1.82, 2.24) is 14.8 Å². The summed E-state index contributed by atoms with van der Waals surface area (Å²) in [5.41, 5.74) is 3.18. The van der Waals surface area contributed by atoms with E-state index in [1.54, 1.807) is 6.07 Å². The SMILES string of the molecule is CCc1cc2c(=O)c(-c3nc4ccccc4s3)coc2c(CN2CCN(C)CC2)c1O. The van der Waals surface area contributed by atoms with Gasteiger partial charge >= 0.3 is 0 Å². The van der Waals surface area contributed by atoms with E-state index in [0.29, 0.717) is 40.1 Å². The second-order valence-electron chi connectivity index (χ2n) is 8.14. The first-order chi connectivity index (χ1) is 15.0. The number of aromatic hydroxyl groups is 1. The average molecular weight is 436 g/mol. The standard InChI is InChI=1S/C24H25N3O3S/c1-3-15-12-16-22(29)18(24-25-19-6-4-5-7-20(19)31-24)14-30-23(16)17(21(15)28)13-27-10-8-26(2)9-11-27/h4-7,12,14,28H,3,8-11,13H2,1-2H3. The van der Waals surface area contributed by atoms with Crippen LogP contribution in [0.5, 0.6) is 5.75 Å². The monoisotopic (exact) mass is 435 g/mol. The molecule has 1 aliphatic rings. The summed E-state index contributed by atoms with van der Waals surface area (Å²) in [5, 5.41) is 12.1. The number of phenolic OH excluding ortho intramolecular Hbond substituents is 1. The van der Waals surface area contributed by atoms with Gasteiger partial charge in [0.25, 0.3) is 0 Å². The van der Waals surface area contributed by atoms with Crippen LogP contribution in [0.15, 0.2) is 45.8 Å². The lowest BCUT2D eigenvalue weighted by atomic mass is 10.0. The fourth-order valence-corrected chi connectivity index (χ4v) is 5.14. The van der Waals surface area contributed by atoms with Crippen molar-refractivity contribution in [3.05, 3.63) is 57.9 Å². The quantitative estimate of drug-likeness (QED) is 0.521. The van der Waals surface area contributed by atoms with Crippen molar-refractivity contribution in [3.8, 4) is 16.3 Å². The molecule has 31 heavy (non-hydrogen) atoms. The molecule has 1 N–H and O–H groups in total. The highest BCUT2D eigenvalue weighted by atomic mass is 32.1. The fraction of sp³-hybridized carbons (Fsp3) is 0.333. The molecule has 4 aromatic rings. The molecule has 6 nitrogen and oxygen atoms in total. The summed E-state index contributed by atoms with van der Waals surface area (Å²) < 4.78 is 7.05. The van der Waals surface area contributed by atoms with Crippen molar-refractivity contribution in [2.24, 2.45) is 0 Å². The number of aromatic nitrogens is 1. The van der Waals surface area contributed by atoms with Gasteiger partial charge in [0.2, 0.25) is 5.43 Å². The third-order valence-electron chi connectivity index (χ3n) is 6.09. The van der Waals surface area contributed by atoms with Crippen molar-refractivity contribution in [2.45, 2.75) is 19.9 Å². The number of rotatable bonds is 4. The lowest BCUT2D eigenvalue weighted by molar-refractivity contribution is 0.147. The first-order valence-electron chi connectivity index (χ1n) is 10.6. The number of likely N-dealkylation sites (N-methyl/N-ethyl adjacent to an activating group) is 1. The number of benzene rings is 2. The van der Waals surface area contributed by atoms with Crippen LogP contribution in [-0.4, -0.2) is 53.1 Å². The van der Waals surface area contributed by atoms with Gasteiger partial charge in [-0.2, -0.15) is 0 Å². The van der Waals surface area contributed by atoms with Crippen LogP contribution in [0.1, 0.15) is 18.1 Å². The number of para-hydroxylation sites is 1. The second kappa shape index (κ2) is 8.07. The first kappa shape index (κ1) is 20.2. The summed E-state index contributed by atoms with van der Waals surface area (Å²) in [6, 6.07) is 9.63. The number of thiazole rings is 1. The lowest BCUT2D eigenvalue weighted by Crippen LogP contribution is -2.43. The summed E-state index contributed by atoms with van der Waals surface area (Å²) in [4.78, 5) is 22.7. The van der Waals surface area contributed by atoms with E-state index in [1.807, 2.05) is 31.2 Å². The number of aryl methyl sites for hydroxylation is 1. The van der Waals surface area contributed by atoms with Crippen molar-refractivity contribution in [3.63, 3.8) is 0 Å². The maximum Gasteiger partial charge on any atom is 0.202 e. The Labute approximate surface area is 184 Å². The van der Waals surface area contributed by atoms with Crippen molar-refractivity contribution >= 4 is 32.5 Å². The Hall–Kier alpha value is -2.74. The number of hydrogen-bond donors (Lipinski definition) is 1. The van der Waals surface area contributed by atoms with Gasteiger partial charge in [-0.1, -0.05) is 19.1 Å². The molecule has 0 spiro atoms. The molecule has 2 aromatic heterocycles. The van der Waals surface area contributed by atoms with Crippen LogP contribution >= 0.6 is 11.3 Å². The van der Waals surface area contributed by atoms with Crippen molar-refractivity contribution < 1.29 is 9.52 Å². The minimum Gasteiger partial charge on any atom is -0.507 e. The fourth-order valence-electron chi connectivity index (χ4n) is 4.17. The minimum absolute atomic E-state index is 0.102. The number of nitrogens with zero attached hydrogens (tertiary/aromatic N) is 3. The third kappa shape index (κ3) is 3.63. The first-order valence-corrected chi connectivity index (χ1v) is 11.4. The van der Waals surface area contributed by atoms with E-state index in [2.05, 4.69) is 21.8 Å².